The van der Waals surface area contributed by atoms with Crippen molar-refractivity contribution in [3.63, 3.8) is 0 Å². The van der Waals surface area contributed by atoms with Crippen molar-refractivity contribution in [1.29, 1.82) is 0 Å². The first-order valence-electron chi connectivity index (χ1n) is 8.60. The lowest BCUT2D eigenvalue weighted by Gasteiger charge is -2.45. The predicted octanol–water partition coefficient (Wildman–Crippen LogP) is 3.83. The molecule has 0 spiro atoms. The molecule has 1 saturated carbocycles. The number of halogens is 1. The summed E-state index contributed by atoms with van der Waals surface area (Å²) in [6.45, 7) is 6.19. The molecule has 2 aliphatic rings. The third-order valence-corrected chi connectivity index (χ3v) is 6.16. The number of fused-ring (bicyclic) bond motifs is 1. The molecule has 6 atom stereocenters. The van der Waals surface area contributed by atoms with Gasteiger partial charge in [-0.2, -0.15) is 0 Å². The maximum atomic E-state index is 12.2. The summed E-state index contributed by atoms with van der Waals surface area (Å²) in [5.74, 6) is 0.121. The number of hydrogen-bond acceptors (Lipinski definition) is 4. The van der Waals surface area contributed by atoms with Crippen LogP contribution in [0.2, 0.25) is 0 Å². The highest BCUT2D eigenvalue weighted by Gasteiger charge is 2.62. The number of hydrogen-bond donors (Lipinski definition) is 1. The molecule has 1 N–H and O–H groups in total. The normalized spacial score (nSPS) is 39.0. The minimum Gasteiger partial charge on any atom is -0.460 e. The van der Waals surface area contributed by atoms with Gasteiger partial charge in [0.2, 0.25) is 0 Å². The van der Waals surface area contributed by atoms with Crippen molar-refractivity contribution < 1.29 is 14.6 Å². The highest BCUT2D eigenvalue weighted by molar-refractivity contribution is 9.10. The maximum Gasteiger partial charge on any atom is 0.338 e. The van der Waals surface area contributed by atoms with Crippen molar-refractivity contribution in [3.05, 3.63) is 34.6 Å². The van der Waals surface area contributed by atoms with Crippen LogP contribution in [0.15, 0.2) is 28.9 Å². The third-order valence-electron chi connectivity index (χ3n) is 5.69. The minimum absolute atomic E-state index is 0.0932. The maximum absolute atomic E-state index is 12.2. The molecule has 4 nitrogen and oxygen atoms in total. The Morgan fingerprint density at radius 2 is 2.21 bits per heavy atom. The van der Waals surface area contributed by atoms with E-state index in [-0.39, 0.29) is 23.9 Å². The molecule has 0 radical (unpaired) electrons. The number of ether oxygens (including phenoxy) is 1. The topological polar surface area (TPSA) is 59.4 Å². The zero-order valence-electron chi connectivity index (χ0n) is 14.3. The van der Waals surface area contributed by atoms with E-state index in [1.165, 1.54) is 0 Å². The van der Waals surface area contributed by atoms with E-state index in [0.717, 1.165) is 16.6 Å². The zero-order chi connectivity index (χ0) is 17.5. The van der Waals surface area contributed by atoms with Crippen molar-refractivity contribution in [3.8, 4) is 0 Å². The molecule has 2 fully saturated rings. The van der Waals surface area contributed by atoms with Gasteiger partial charge in [-0.25, -0.2) is 4.79 Å². The number of aromatic nitrogens is 1. The van der Waals surface area contributed by atoms with Crippen molar-refractivity contribution in [1.82, 2.24) is 4.98 Å². The molecule has 24 heavy (non-hydrogen) atoms. The van der Waals surface area contributed by atoms with Gasteiger partial charge in [0.15, 0.2) is 5.60 Å². The average molecular weight is 394 g/mol. The lowest BCUT2D eigenvalue weighted by Crippen LogP contribution is -2.53. The number of carbonyl (C=O) groups is 1. The van der Waals surface area contributed by atoms with Gasteiger partial charge in [0.05, 0.1) is 5.69 Å². The number of cyclic esters (lactones) is 1. The minimum atomic E-state index is -1.35. The monoisotopic (exact) mass is 393 g/mol. The lowest BCUT2D eigenvalue weighted by atomic mass is 9.59. The Kier molecular flexibility index (Phi) is 4.85. The van der Waals surface area contributed by atoms with Crippen LogP contribution in [0.5, 0.6) is 0 Å². The van der Waals surface area contributed by atoms with Crippen molar-refractivity contribution >= 4 is 28.0 Å². The summed E-state index contributed by atoms with van der Waals surface area (Å²) in [5, 5.41) is 11.0. The van der Waals surface area contributed by atoms with Crippen LogP contribution in [-0.2, 0) is 9.53 Å². The third kappa shape index (κ3) is 2.93. The molecule has 3 rings (SSSR count). The summed E-state index contributed by atoms with van der Waals surface area (Å²) in [4.78, 5) is 16.6. The Morgan fingerprint density at radius 1 is 1.46 bits per heavy atom. The van der Waals surface area contributed by atoms with E-state index in [4.69, 9.17) is 4.74 Å². The molecule has 1 saturated heterocycles. The SMILES string of the molecule is CCC1C(C)CC2(O)C(=O)OC(C)C2C1/C=C/c1ccc(Br)cn1. The first-order chi connectivity index (χ1) is 11.4. The van der Waals surface area contributed by atoms with Gasteiger partial charge in [0.25, 0.3) is 0 Å². The van der Waals surface area contributed by atoms with Crippen LogP contribution in [0.4, 0.5) is 0 Å². The number of pyridine rings is 1. The van der Waals surface area contributed by atoms with E-state index in [9.17, 15) is 9.90 Å². The second-order valence-electron chi connectivity index (χ2n) is 7.15. The Labute approximate surface area is 151 Å². The molecule has 5 heteroatoms. The van der Waals surface area contributed by atoms with Gasteiger partial charge in [0.1, 0.15) is 6.10 Å². The largest absolute Gasteiger partial charge is 0.460 e. The standard InChI is InChI=1S/C19H24BrNO3/c1-4-15-11(2)9-19(23)17(12(3)24-18(19)22)16(15)8-7-14-6-5-13(20)10-21-14/h5-8,10-12,15-17,23H,4,9H2,1-3H3/b8-7+. The number of rotatable bonds is 3. The highest BCUT2D eigenvalue weighted by atomic mass is 79.9. The molecule has 6 unspecified atom stereocenters. The van der Waals surface area contributed by atoms with Crippen LogP contribution >= 0.6 is 15.9 Å². The fraction of sp³-hybridized carbons (Fsp3) is 0.579. The summed E-state index contributed by atoms with van der Waals surface area (Å²) in [6.07, 6.45) is 7.11. The Balaban J connectivity index is 1.94. The zero-order valence-corrected chi connectivity index (χ0v) is 15.9. The average Bonchev–Trinajstić information content (AvgIpc) is 2.75. The summed E-state index contributed by atoms with van der Waals surface area (Å²) < 4.78 is 6.35. The summed E-state index contributed by atoms with van der Waals surface area (Å²) >= 11 is 3.39. The van der Waals surface area contributed by atoms with Gasteiger partial charge in [-0.15, -0.1) is 0 Å². The van der Waals surface area contributed by atoms with E-state index in [2.05, 4.69) is 40.8 Å². The molecule has 0 amide bonds. The van der Waals surface area contributed by atoms with Crippen LogP contribution in [0.25, 0.3) is 6.08 Å². The quantitative estimate of drug-likeness (QED) is 0.792. The van der Waals surface area contributed by atoms with E-state index in [1.54, 1.807) is 6.20 Å². The Bertz CT molecular complexity index is 645. The van der Waals surface area contributed by atoms with Gasteiger partial charge in [-0.1, -0.05) is 26.3 Å². The molecular formula is C19H24BrNO3. The van der Waals surface area contributed by atoms with Crippen molar-refractivity contribution in [2.45, 2.75) is 45.3 Å². The molecule has 2 heterocycles. The smallest absolute Gasteiger partial charge is 0.338 e. The molecule has 1 aliphatic heterocycles. The fourth-order valence-corrected chi connectivity index (χ4v) is 4.87. The van der Waals surface area contributed by atoms with E-state index in [1.807, 2.05) is 25.1 Å². The highest BCUT2D eigenvalue weighted by Crippen LogP contribution is 2.52. The van der Waals surface area contributed by atoms with Crippen molar-refractivity contribution in [2.24, 2.45) is 23.7 Å². The molecule has 0 aromatic carbocycles. The summed E-state index contributed by atoms with van der Waals surface area (Å²) in [7, 11) is 0. The molecule has 1 aliphatic carbocycles. The molecular weight excluding hydrogens is 370 g/mol. The number of aliphatic hydroxyl groups is 1. The lowest BCUT2D eigenvalue weighted by molar-refractivity contribution is -0.160. The first-order valence-corrected chi connectivity index (χ1v) is 9.39. The van der Waals surface area contributed by atoms with Crippen LogP contribution < -0.4 is 0 Å². The van der Waals surface area contributed by atoms with Crippen LogP contribution in [0, 0.1) is 23.7 Å². The summed E-state index contributed by atoms with van der Waals surface area (Å²) in [6, 6.07) is 3.90. The van der Waals surface area contributed by atoms with E-state index in [0.29, 0.717) is 12.3 Å². The van der Waals surface area contributed by atoms with Gasteiger partial charge >= 0.3 is 5.97 Å². The Hall–Kier alpha value is -1.20. The van der Waals surface area contributed by atoms with Gasteiger partial charge in [0, 0.05) is 16.6 Å². The van der Waals surface area contributed by atoms with Gasteiger partial charge in [-0.3, -0.25) is 4.98 Å². The molecule has 0 bridgehead atoms. The predicted molar refractivity (Wildman–Crippen MR) is 96.0 cm³/mol. The molecule has 1 aromatic rings. The second kappa shape index (κ2) is 6.60. The second-order valence-corrected chi connectivity index (χ2v) is 8.07. The number of nitrogens with zero attached hydrogens (tertiary/aromatic N) is 1. The first kappa shape index (κ1) is 17.6. The van der Waals surface area contributed by atoms with E-state index >= 15 is 0 Å². The molecule has 1 aromatic heterocycles. The molecule has 130 valence electrons. The van der Waals surface area contributed by atoms with Crippen molar-refractivity contribution in [2.75, 3.05) is 0 Å². The van der Waals surface area contributed by atoms with E-state index < -0.39 is 11.6 Å². The Morgan fingerprint density at radius 3 is 2.83 bits per heavy atom. The van der Waals surface area contributed by atoms with Crippen LogP contribution in [-0.4, -0.2) is 27.8 Å². The number of carbonyl (C=O) groups excluding carboxylic acids is 1. The van der Waals surface area contributed by atoms with Gasteiger partial charge < -0.3 is 9.84 Å². The number of esters is 1. The van der Waals surface area contributed by atoms with Gasteiger partial charge in [-0.05, 0) is 65.2 Å². The summed E-state index contributed by atoms with van der Waals surface area (Å²) in [5.41, 5.74) is -0.486. The van der Waals surface area contributed by atoms with Crippen LogP contribution in [0.3, 0.4) is 0 Å². The fourth-order valence-electron chi connectivity index (χ4n) is 4.64. The number of allylic oxidation sites excluding steroid dienone is 1. The van der Waals surface area contributed by atoms with Crippen LogP contribution in [0.1, 0.15) is 39.3 Å².